The molecule has 0 amide bonds. The minimum Gasteiger partial charge on any atom is -0.483 e. The molecule has 0 saturated carbocycles. The van der Waals surface area contributed by atoms with E-state index in [0.717, 1.165) is 12.3 Å². The lowest BCUT2D eigenvalue weighted by molar-refractivity contribution is 0.159. The molecule has 1 aromatic carbocycles. The number of benzene rings is 1. The van der Waals surface area contributed by atoms with E-state index in [2.05, 4.69) is 57.3 Å². The Morgan fingerprint density at radius 1 is 1.28 bits per heavy atom. The van der Waals surface area contributed by atoms with Crippen LogP contribution in [-0.4, -0.2) is 11.6 Å². The molecule has 18 heavy (non-hydrogen) atoms. The van der Waals surface area contributed by atoms with E-state index in [1.165, 1.54) is 11.1 Å². The van der Waals surface area contributed by atoms with E-state index in [1.807, 2.05) is 6.07 Å². The van der Waals surface area contributed by atoms with Crippen LogP contribution in [0.1, 0.15) is 38.8 Å². The summed E-state index contributed by atoms with van der Waals surface area (Å²) in [6.45, 7) is 9.35. The predicted molar refractivity (Wildman–Crippen MR) is 79.4 cm³/mol. The van der Waals surface area contributed by atoms with E-state index in [4.69, 9.17) is 4.74 Å². The lowest BCUT2D eigenvalue weighted by Gasteiger charge is -2.29. The van der Waals surface area contributed by atoms with E-state index >= 15 is 0 Å². The van der Waals surface area contributed by atoms with Gasteiger partial charge in [0.2, 0.25) is 0 Å². The van der Waals surface area contributed by atoms with Crippen LogP contribution < -0.4 is 10.1 Å². The van der Waals surface area contributed by atoms with Crippen molar-refractivity contribution in [1.82, 2.24) is 5.32 Å². The molecule has 0 atom stereocenters. The Morgan fingerprint density at radius 3 is 2.67 bits per heavy atom. The maximum Gasteiger partial charge on any atom is 0.128 e. The molecule has 1 heterocycles. The van der Waals surface area contributed by atoms with Crippen LogP contribution in [0.2, 0.25) is 0 Å². The van der Waals surface area contributed by atoms with Gasteiger partial charge in [0.1, 0.15) is 11.4 Å². The fourth-order valence-corrected chi connectivity index (χ4v) is 1.94. The monoisotopic (exact) mass is 267 g/mol. The van der Waals surface area contributed by atoms with Crippen molar-refractivity contribution < 1.29 is 4.74 Å². The number of fused-ring (bicyclic) bond motifs is 1. The first kappa shape index (κ1) is 15.1. The summed E-state index contributed by atoms with van der Waals surface area (Å²) in [5.41, 5.74) is 2.31. The Kier molecular flexibility index (Phi) is 4.83. The van der Waals surface area contributed by atoms with Crippen LogP contribution in [0.25, 0.3) is 6.08 Å². The van der Waals surface area contributed by atoms with Gasteiger partial charge in [-0.25, -0.2) is 0 Å². The molecule has 0 saturated heterocycles. The molecule has 0 aromatic heterocycles. The summed E-state index contributed by atoms with van der Waals surface area (Å²) >= 11 is 0. The van der Waals surface area contributed by atoms with Crippen molar-refractivity contribution in [1.29, 1.82) is 0 Å². The summed E-state index contributed by atoms with van der Waals surface area (Å²) in [6.07, 6.45) is 4.30. The highest BCUT2D eigenvalue weighted by atomic mass is 35.5. The minimum absolute atomic E-state index is 0. The van der Waals surface area contributed by atoms with Gasteiger partial charge in [0, 0.05) is 18.2 Å². The van der Waals surface area contributed by atoms with Crippen molar-refractivity contribution in [2.24, 2.45) is 0 Å². The summed E-state index contributed by atoms with van der Waals surface area (Å²) in [6, 6.07) is 6.75. The summed E-state index contributed by atoms with van der Waals surface area (Å²) in [7, 11) is 0. The zero-order chi connectivity index (χ0) is 12.5. The number of nitrogens with one attached hydrogen (secondary N) is 1. The van der Waals surface area contributed by atoms with Crippen molar-refractivity contribution in [3.63, 3.8) is 0 Å². The van der Waals surface area contributed by atoms with Gasteiger partial charge in [-0.3, -0.25) is 0 Å². The summed E-state index contributed by atoms with van der Waals surface area (Å²) < 4.78 is 5.95. The minimum atomic E-state index is -0.197. The molecular weight excluding hydrogens is 246 g/mol. The van der Waals surface area contributed by atoms with Crippen molar-refractivity contribution in [2.45, 2.75) is 45.9 Å². The third-order valence-corrected chi connectivity index (χ3v) is 2.88. The lowest BCUT2D eigenvalue weighted by atomic mass is 9.98. The van der Waals surface area contributed by atoms with Crippen molar-refractivity contribution in [3.8, 4) is 5.75 Å². The predicted octanol–water partition coefficient (Wildman–Crippen LogP) is 3.79. The van der Waals surface area contributed by atoms with E-state index in [0.29, 0.717) is 6.04 Å². The van der Waals surface area contributed by atoms with Crippen molar-refractivity contribution in [2.75, 3.05) is 0 Å². The maximum absolute atomic E-state index is 5.95. The van der Waals surface area contributed by atoms with Crippen molar-refractivity contribution >= 4 is 18.5 Å². The van der Waals surface area contributed by atoms with Gasteiger partial charge in [0.15, 0.2) is 0 Å². The molecule has 0 bridgehead atoms. The van der Waals surface area contributed by atoms with Gasteiger partial charge in [0.05, 0.1) is 0 Å². The molecule has 2 nitrogen and oxygen atoms in total. The Balaban J connectivity index is 0.00000162. The van der Waals surface area contributed by atoms with Gasteiger partial charge in [-0.05, 0) is 31.6 Å². The quantitative estimate of drug-likeness (QED) is 0.900. The van der Waals surface area contributed by atoms with Crippen LogP contribution in [0.4, 0.5) is 0 Å². The van der Waals surface area contributed by atoms with Gasteiger partial charge >= 0.3 is 0 Å². The molecule has 1 aromatic rings. The molecule has 0 unspecified atom stereocenters. The number of hydrogen-bond acceptors (Lipinski definition) is 2. The third-order valence-electron chi connectivity index (χ3n) is 2.88. The topological polar surface area (TPSA) is 21.3 Å². The van der Waals surface area contributed by atoms with E-state index < -0.39 is 0 Å². The lowest BCUT2D eigenvalue weighted by Crippen LogP contribution is -2.28. The largest absolute Gasteiger partial charge is 0.483 e. The number of halogens is 1. The molecule has 1 N–H and O–H groups in total. The SMILES string of the molecule is CC(C)NCc1cccc2c1C=CC(C)(C)O2.Cl. The van der Waals surface area contributed by atoms with Crippen LogP contribution in [-0.2, 0) is 6.54 Å². The van der Waals surface area contributed by atoms with E-state index in [9.17, 15) is 0 Å². The smallest absolute Gasteiger partial charge is 0.128 e. The first-order chi connectivity index (χ1) is 7.98. The van der Waals surface area contributed by atoms with Crippen LogP contribution in [0.3, 0.4) is 0 Å². The molecule has 2 rings (SSSR count). The molecule has 0 radical (unpaired) electrons. The van der Waals surface area contributed by atoms with Crippen LogP contribution >= 0.6 is 12.4 Å². The maximum atomic E-state index is 5.95. The van der Waals surface area contributed by atoms with Gasteiger partial charge < -0.3 is 10.1 Å². The summed E-state index contributed by atoms with van der Waals surface area (Å²) in [5.74, 6) is 0.987. The fourth-order valence-electron chi connectivity index (χ4n) is 1.94. The second kappa shape index (κ2) is 5.77. The van der Waals surface area contributed by atoms with E-state index in [1.54, 1.807) is 0 Å². The molecule has 0 spiro atoms. The van der Waals surface area contributed by atoms with Crippen LogP contribution in [0.15, 0.2) is 24.3 Å². The fraction of sp³-hybridized carbons (Fsp3) is 0.467. The first-order valence-electron chi connectivity index (χ1n) is 6.21. The van der Waals surface area contributed by atoms with Gasteiger partial charge in [-0.15, -0.1) is 12.4 Å². The zero-order valence-corrected chi connectivity index (χ0v) is 12.3. The normalized spacial score (nSPS) is 15.8. The molecule has 100 valence electrons. The van der Waals surface area contributed by atoms with E-state index in [-0.39, 0.29) is 18.0 Å². The average Bonchev–Trinajstić information content (AvgIpc) is 2.24. The Labute approximate surface area is 116 Å². The highest BCUT2D eigenvalue weighted by Gasteiger charge is 2.22. The molecule has 3 heteroatoms. The molecule has 1 aliphatic rings. The number of ether oxygens (including phenoxy) is 1. The average molecular weight is 268 g/mol. The third kappa shape index (κ3) is 3.50. The molecule has 0 aliphatic carbocycles. The highest BCUT2D eigenvalue weighted by Crippen LogP contribution is 2.32. The molecular formula is C15H22ClNO. The second-order valence-electron chi connectivity index (χ2n) is 5.40. The Morgan fingerprint density at radius 2 is 2.00 bits per heavy atom. The van der Waals surface area contributed by atoms with Gasteiger partial charge in [-0.1, -0.05) is 32.1 Å². The number of hydrogen-bond donors (Lipinski definition) is 1. The molecule has 1 aliphatic heterocycles. The first-order valence-corrected chi connectivity index (χ1v) is 6.21. The Hall–Kier alpha value is -0.990. The van der Waals surface area contributed by atoms with Crippen LogP contribution in [0, 0.1) is 0 Å². The summed E-state index contributed by atoms with van der Waals surface area (Å²) in [5, 5.41) is 3.44. The zero-order valence-electron chi connectivity index (χ0n) is 11.5. The van der Waals surface area contributed by atoms with Gasteiger partial charge in [-0.2, -0.15) is 0 Å². The standard InChI is InChI=1S/C15H21NO.ClH/c1-11(2)16-10-12-6-5-7-14-13(12)8-9-15(3,4)17-14;/h5-9,11,16H,10H2,1-4H3;1H. The van der Waals surface area contributed by atoms with Crippen LogP contribution in [0.5, 0.6) is 5.75 Å². The highest BCUT2D eigenvalue weighted by molar-refractivity contribution is 5.85. The van der Waals surface area contributed by atoms with Crippen molar-refractivity contribution in [3.05, 3.63) is 35.4 Å². The second-order valence-corrected chi connectivity index (χ2v) is 5.40. The van der Waals surface area contributed by atoms with Gasteiger partial charge in [0.25, 0.3) is 0 Å². The summed E-state index contributed by atoms with van der Waals surface area (Å²) in [4.78, 5) is 0. The number of rotatable bonds is 3. The molecule has 0 fully saturated rings. The Bertz CT molecular complexity index is 438.